The Morgan fingerprint density at radius 3 is 2.56 bits per heavy atom. The Kier molecular flexibility index (Phi) is 7.06. The summed E-state index contributed by atoms with van der Waals surface area (Å²) in [6.07, 6.45) is 6.50. The lowest BCUT2D eigenvalue weighted by atomic mass is 10.1. The molecule has 0 N–H and O–H groups in total. The Bertz CT molecular complexity index is 1220. The summed E-state index contributed by atoms with van der Waals surface area (Å²) < 4.78 is 19.4. The topological polar surface area (TPSA) is 63.0 Å². The van der Waals surface area contributed by atoms with Gasteiger partial charge in [0.1, 0.15) is 17.3 Å². The van der Waals surface area contributed by atoms with E-state index >= 15 is 0 Å². The molecule has 2 aliphatic rings. The van der Waals surface area contributed by atoms with Crippen LogP contribution in [0.5, 0.6) is 5.75 Å². The predicted molar refractivity (Wildman–Crippen MR) is 130 cm³/mol. The first-order chi connectivity index (χ1) is 16.5. The smallest absolute Gasteiger partial charge is 0.279 e. The molecule has 0 atom stereocenters. The first-order valence-electron chi connectivity index (χ1n) is 11.3. The van der Waals surface area contributed by atoms with Crippen molar-refractivity contribution >= 4 is 17.9 Å². The van der Waals surface area contributed by atoms with E-state index in [0.29, 0.717) is 11.4 Å². The van der Waals surface area contributed by atoms with Crippen LogP contribution in [0, 0.1) is 12.7 Å². The minimum absolute atomic E-state index is 0.0311. The second-order valence-electron chi connectivity index (χ2n) is 7.98. The highest BCUT2D eigenvalue weighted by molar-refractivity contribution is 6.13. The number of carbonyl (C=O) groups excluding carboxylic acids is 1. The van der Waals surface area contributed by atoms with Crippen LogP contribution in [0.3, 0.4) is 0 Å². The number of hydrogen-bond donors (Lipinski definition) is 0. The summed E-state index contributed by atoms with van der Waals surface area (Å²) >= 11 is 0. The van der Waals surface area contributed by atoms with Gasteiger partial charge in [-0.2, -0.15) is 0 Å². The molecule has 1 fully saturated rings. The van der Waals surface area contributed by atoms with Crippen LogP contribution in [0.15, 0.2) is 71.7 Å². The number of fused-ring (bicyclic) bond motifs is 1. The predicted octanol–water partition coefficient (Wildman–Crippen LogP) is 4.28. The third kappa shape index (κ3) is 5.01. The Morgan fingerprint density at radius 2 is 1.94 bits per heavy atom. The summed E-state index contributed by atoms with van der Waals surface area (Å²) in [5, 5.41) is 0. The zero-order valence-corrected chi connectivity index (χ0v) is 19.6. The molecule has 34 heavy (non-hydrogen) atoms. The van der Waals surface area contributed by atoms with Crippen molar-refractivity contribution in [1.82, 2.24) is 19.4 Å². The molecule has 2 aromatic carbocycles. The number of ether oxygens (including phenoxy) is 1. The SMILES string of the molecule is CCN1CCCN2C(=O)/C(=C/c3ccc(-n4cnc(C)c4)c(OC)c3)N=C12.Fc1ccccc1. The minimum atomic E-state index is -0.178. The van der Waals surface area contributed by atoms with Crippen molar-refractivity contribution in [2.45, 2.75) is 20.3 Å². The third-order valence-electron chi connectivity index (χ3n) is 5.63. The number of nitrogens with zero attached hydrogens (tertiary/aromatic N) is 5. The summed E-state index contributed by atoms with van der Waals surface area (Å²) in [4.78, 5) is 25.5. The van der Waals surface area contributed by atoms with Gasteiger partial charge in [-0.25, -0.2) is 14.4 Å². The number of aliphatic imine (C=N–C) groups is 1. The second-order valence-corrected chi connectivity index (χ2v) is 7.98. The molecule has 0 spiro atoms. The first kappa shape index (κ1) is 23.2. The van der Waals surface area contributed by atoms with Crippen molar-refractivity contribution < 1.29 is 13.9 Å². The molecule has 0 bridgehead atoms. The van der Waals surface area contributed by atoms with Gasteiger partial charge in [-0.05, 0) is 56.2 Å². The van der Waals surface area contributed by atoms with Crippen molar-refractivity contribution in [3.05, 3.63) is 83.8 Å². The summed E-state index contributed by atoms with van der Waals surface area (Å²) in [5.41, 5.74) is 3.19. The lowest BCUT2D eigenvalue weighted by Gasteiger charge is -2.33. The van der Waals surface area contributed by atoms with Crippen molar-refractivity contribution in [2.24, 2.45) is 4.99 Å². The number of imidazole rings is 1. The largest absolute Gasteiger partial charge is 0.495 e. The number of aromatic nitrogens is 2. The van der Waals surface area contributed by atoms with Gasteiger partial charge in [0.2, 0.25) is 5.96 Å². The zero-order chi connectivity index (χ0) is 24.1. The lowest BCUT2D eigenvalue weighted by Crippen LogP contribution is -2.49. The average molecular weight is 462 g/mol. The van der Waals surface area contributed by atoms with E-state index in [1.807, 2.05) is 42.0 Å². The Morgan fingerprint density at radius 1 is 1.15 bits per heavy atom. The second kappa shape index (κ2) is 10.3. The summed E-state index contributed by atoms with van der Waals surface area (Å²) in [5.74, 6) is 1.28. The van der Waals surface area contributed by atoms with Crippen LogP contribution in [0.1, 0.15) is 24.6 Å². The fourth-order valence-corrected chi connectivity index (χ4v) is 3.92. The van der Waals surface area contributed by atoms with E-state index in [2.05, 4.69) is 21.8 Å². The molecule has 176 valence electrons. The monoisotopic (exact) mass is 461 g/mol. The molecule has 5 rings (SSSR count). The van der Waals surface area contributed by atoms with E-state index in [4.69, 9.17) is 4.74 Å². The van der Waals surface area contributed by atoms with E-state index in [-0.39, 0.29) is 11.7 Å². The summed E-state index contributed by atoms with van der Waals surface area (Å²) in [6.45, 7) is 6.55. The van der Waals surface area contributed by atoms with Crippen molar-refractivity contribution in [3.63, 3.8) is 0 Å². The van der Waals surface area contributed by atoms with E-state index < -0.39 is 0 Å². The molecule has 7 nitrogen and oxygen atoms in total. The van der Waals surface area contributed by atoms with Crippen LogP contribution in [0.2, 0.25) is 0 Å². The highest BCUT2D eigenvalue weighted by atomic mass is 19.1. The summed E-state index contributed by atoms with van der Waals surface area (Å²) in [7, 11) is 1.64. The van der Waals surface area contributed by atoms with Crippen molar-refractivity contribution in [3.8, 4) is 11.4 Å². The average Bonchev–Trinajstić information content (AvgIpc) is 3.43. The van der Waals surface area contributed by atoms with Gasteiger partial charge in [0.15, 0.2) is 0 Å². The van der Waals surface area contributed by atoms with Crippen molar-refractivity contribution in [1.29, 1.82) is 0 Å². The van der Waals surface area contributed by atoms with E-state index in [0.717, 1.165) is 49.0 Å². The molecular formula is C26H28FN5O2. The minimum Gasteiger partial charge on any atom is -0.495 e. The Balaban J connectivity index is 0.000000336. The molecule has 8 heteroatoms. The normalized spacial score (nSPS) is 16.2. The number of rotatable bonds is 4. The van der Waals surface area contributed by atoms with Crippen LogP contribution < -0.4 is 4.74 Å². The third-order valence-corrected chi connectivity index (χ3v) is 5.63. The van der Waals surface area contributed by atoms with Gasteiger partial charge in [-0.1, -0.05) is 24.3 Å². The number of methoxy groups -OCH3 is 1. The van der Waals surface area contributed by atoms with Crippen LogP contribution >= 0.6 is 0 Å². The van der Waals surface area contributed by atoms with E-state index in [1.54, 1.807) is 36.5 Å². The molecule has 1 amide bonds. The molecule has 1 aromatic heterocycles. The Hall–Kier alpha value is -3.94. The van der Waals surface area contributed by atoms with Gasteiger partial charge in [-0.15, -0.1) is 0 Å². The van der Waals surface area contributed by atoms with Gasteiger partial charge in [-0.3, -0.25) is 9.69 Å². The number of guanidine groups is 1. The lowest BCUT2D eigenvalue weighted by molar-refractivity contribution is -0.123. The molecule has 0 unspecified atom stereocenters. The van der Waals surface area contributed by atoms with Gasteiger partial charge in [0.05, 0.1) is 24.8 Å². The quantitative estimate of drug-likeness (QED) is 0.544. The molecule has 0 saturated carbocycles. The highest BCUT2D eigenvalue weighted by Gasteiger charge is 2.35. The molecule has 1 saturated heterocycles. The number of carbonyl (C=O) groups is 1. The van der Waals surface area contributed by atoms with Crippen LogP contribution in [-0.4, -0.2) is 58.0 Å². The maximum absolute atomic E-state index is 12.7. The van der Waals surface area contributed by atoms with Crippen LogP contribution in [0.25, 0.3) is 11.8 Å². The van der Waals surface area contributed by atoms with Crippen LogP contribution in [-0.2, 0) is 4.79 Å². The molecular weight excluding hydrogens is 433 g/mol. The van der Waals surface area contributed by atoms with Crippen molar-refractivity contribution in [2.75, 3.05) is 26.7 Å². The molecule has 3 aromatic rings. The van der Waals surface area contributed by atoms with E-state index in [9.17, 15) is 9.18 Å². The standard InChI is InChI=1S/C20H23N5O2.C6H5F/c1-4-23-8-5-9-25-19(26)16(22-20(23)25)10-15-6-7-17(18(11-15)27-3)24-12-14(2)21-13-24;7-6-4-2-1-3-5-6/h6-7,10-13H,4-5,8-9H2,1-3H3;1-5H/b16-10-;. The summed E-state index contributed by atoms with van der Waals surface area (Å²) in [6, 6.07) is 13.8. The van der Waals surface area contributed by atoms with Gasteiger partial charge < -0.3 is 14.2 Å². The number of amides is 1. The fraction of sp³-hybridized carbons (Fsp3) is 0.269. The maximum Gasteiger partial charge on any atom is 0.279 e. The number of hydrogen-bond acceptors (Lipinski definition) is 5. The highest BCUT2D eigenvalue weighted by Crippen LogP contribution is 2.28. The number of benzene rings is 2. The van der Waals surface area contributed by atoms with Crippen LogP contribution in [0.4, 0.5) is 4.39 Å². The molecule has 3 heterocycles. The van der Waals surface area contributed by atoms with Gasteiger partial charge in [0, 0.05) is 25.8 Å². The number of halogens is 1. The molecule has 0 aliphatic carbocycles. The van der Waals surface area contributed by atoms with Gasteiger partial charge >= 0.3 is 0 Å². The number of aryl methyl sites for hydroxylation is 1. The maximum atomic E-state index is 12.7. The molecule has 0 radical (unpaired) electrons. The van der Waals surface area contributed by atoms with Gasteiger partial charge in [0.25, 0.3) is 5.91 Å². The Labute approximate surface area is 198 Å². The zero-order valence-electron chi connectivity index (χ0n) is 19.6. The fourth-order valence-electron chi connectivity index (χ4n) is 3.92. The first-order valence-corrected chi connectivity index (χ1v) is 11.3. The molecule has 2 aliphatic heterocycles. The van der Waals surface area contributed by atoms with E-state index in [1.165, 1.54) is 12.1 Å².